The highest BCUT2D eigenvalue weighted by Gasteiger charge is 2.03. The fraction of sp³-hybridized carbons (Fsp3) is 0.125. The lowest BCUT2D eigenvalue weighted by molar-refractivity contribution is 0.837. The summed E-state index contributed by atoms with van der Waals surface area (Å²) in [4.78, 5) is 0. The van der Waals surface area contributed by atoms with Gasteiger partial charge in [-0.3, -0.25) is 0 Å². The number of hydrogen-bond donors (Lipinski definition) is 0. The lowest BCUT2D eigenvalue weighted by atomic mass is 10.1. The largest absolute Gasteiger partial charge is 0.343 e. The zero-order valence-electron chi connectivity index (χ0n) is 10.2. The molecule has 0 saturated heterocycles. The summed E-state index contributed by atoms with van der Waals surface area (Å²) in [5.74, 6) is 0. The predicted molar refractivity (Wildman–Crippen MR) is 77.2 cm³/mol. The molecule has 3 aromatic rings. The summed E-state index contributed by atoms with van der Waals surface area (Å²) in [5, 5.41) is 2.11. The molecule has 0 radical (unpaired) electrons. The second-order valence-corrected chi connectivity index (χ2v) is 5.01. The van der Waals surface area contributed by atoms with E-state index >= 15 is 0 Å². The number of halogens is 1. The predicted octanol–water partition coefficient (Wildman–Crippen LogP) is 4.65. The monoisotopic (exact) mass is 255 g/mol. The Morgan fingerprint density at radius 2 is 1.78 bits per heavy atom. The van der Waals surface area contributed by atoms with Gasteiger partial charge < -0.3 is 4.57 Å². The van der Waals surface area contributed by atoms with Crippen molar-refractivity contribution in [2.45, 2.75) is 13.5 Å². The Morgan fingerprint density at radius 3 is 2.56 bits per heavy atom. The first-order chi connectivity index (χ1) is 8.74. The molecule has 1 nitrogen and oxygen atoms in total. The molecule has 0 bridgehead atoms. The first-order valence-electron chi connectivity index (χ1n) is 6.03. The van der Waals surface area contributed by atoms with E-state index in [0.29, 0.717) is 0 Å². The maximum absolute atomic E-state index is 5.90. The Morgan fingerprint density at radius 1 is 1.00 bits per heavy atom. The van der Waals surface area contributed by atoms with Gasteiger partial charge in [-0.05, 0) is 42.3 Å². The Hall–Kier alpha value is -1.73. The SMILES string of the molecule is Cc1cccc2c1ccn2Cc1ccc(Cl)cc1. The molecule has 3 rings (SSSR count). The van der Waals surface area contributed by atoms with E-state index in [4.69, 9.17) is 11.6 Å². The Kier molecular flexibility index (Phi) is 2.85. The molecule has 0 N–H and O–H groups in total. The van der Waals surface area contributed by atoms with Crippen molar-refractivity contribution in [2.24, 2.45) is 0 Å². The van der Waals surface area contributed by atoms with Gasteiger partial charge >= 0.3 is 0 Å². The van der Waals surface area contributed by atoms with Crippen molar-refractivity contribution in [1.82, 2.24) is 4.57 Å². The van der Waals surface area contributed by atoms with Gasteiger partial charge in [0.1, 0.15) is 0 Å². The third-order valence-electron chi connectivity index (χ3n) is 3.30. The van der Waals surface area contributed by atoms with Crippen LogP contribution in [0.15, 0.2) is 54.7 Å². The van der Waals surface area contributed by atoms with Gasteiger partial charge in [0, 0.05) is 28.7 Å². The number of nitrogens with zero attached hydrogens (tertiary/aromatic N) is 1. The molecule has 1 heterocycles. The van der Waals surface area contributed by atoms with Crippen LogP contribution in [0, 0.1) is 6.92 Å². The highest BCUT2D eigenvalue weighted by atomic mass is 35.5. The Labute approximate surface area is 112 Å². The zero-order chi connectivity index (χ0) is 12.5. The van der Waals surface area contributed by atoms with Crippen molar-refractivity contribution in [3.05, 3.63) is 70.9 Å². The maximum atomic E-state index is 5.90. The molecule has 0 saturated carbocycles. The van der Waals surface area contributed by atoms with Crippen LogP contribution in [0.25, 0.3) is 10.9 Å². The third kappa shape index (κ3) is 2.02. The van der Waals surface area contributed by atoms with Crippen LogP contribution in [0.3, 0.4) is 0 Å². The molecule has 0 fully saturated rings. The maximum Gasteiger partial charge on any atom is 0.0486 e. The number of rotatable bonds is 2. The summed E-state index contributed by atoms with van der Waals surface area (Å²) in [6.45, 7) is 3.03. The minimum Gasteiger partial charge on any atom is -0.343 e. The van der Waals surface area contributed by atoms with Crippen LogP contribution in [0.5, 0.6) is 0 Å². The van der Waals surface area contributed by atoms with Gasteiger partial charge in [-0.15, -0.1) is 0 Å². The number of benzene rings is 2. The first-order valence-corrected chi connectivity index (χ1v) is 6.41. The summed E-state index contributed by atoms with van der Waals surface area (Å²) >= 11 is 5.90. The average Bonchev–Trinajstić information content (AvgIpc) is 2.77. The van der Waals surface area contributed by atoms with Crippen molar-refractivity contribution in [3.63, 3.8) is 0 Å². The molecule has 18 heavy (non-hydrogen) atoms. The quantitative estimate of drug-likeness (QED) is 0.628. The third-order valence-corrected chi connectivity index (χ3v) is 3.55. The van der Waals surface area contributed by atoms with Gasteiger partial charge in [0.2, 0.25) is 0 Å². The molecule has 0 aliphatic carbocycles. The highest BCUT2D eigenvalue weighted by Crippen LogP contribution is 2.21. The lowest BCUT2D eigenvalue weighted by Gasteiger charge is -2.06. The van der Waals surface area contributed by atoms with Gasteiger partial charge in [0.15, 0.2) is 0 Å². The second kappa shape index (κ2) is 4.51. The molecule has 0 atom stereocenters. The fourth-order valence-electron chi connectivity index (χ4n) is 2.30. The van der Waals surface area contributed by atoms with Crippen molar-refractivity contribution in [3.8, 4) is 0 Å². The number of hydrogen-bond acceptors (Lipinski definition) is 0. The van der Waals surface area contributed by atoms with Gasteiger partial charge in [0.25, 0.3) is 0 Å². The van der Waals surface area contributed by atoms with E-state index in [2.05, 4.69) is 54.1 Å². The van der Waals surface area contributed by atoms with Crippen molar-refractivity contribution in [2.75, 3.05) is 0 Å². The van der Waals surface area contributed by atoms with E-state index in [1.165, 1.54) is 22.0 Å². The molecular weight excluding hydrogens is 242 g/mol. The van der Waals surface area contributed by atoms with Crippen LogP contribution < -0.4 is 0 Å². The van der Waals surface area contributed by atoms with E-state index in [-0.39, 0.29) is 0 Å². The second-order valence-electron chi connectivity index (χ2n) is 4.58. The van der Waals surface area contributed by atoms with Crippen molar-refractivity contribution >= 4 is 22.5 Å². The van der Waals surface area contributed by atoms with E-state index in [1.807, 2.05) is 12.1 Å². The molecule has 2 heteroatoms. The summed E-state index contributed by atoms with van der Waals surface area (Å²) in [7, 11) is 0. The fourth-order valence-corrected chi connectivity index (χ4v) is 2.43. The molecule has 0 unspecified atom stereocenters. The smallest absolute Gasteiger partial charge is 0.0486 e. The van der Waals surface area contributed by atoms with Crippen LogP contribution in [0.2, 0.25) is 5.02 Å². The van der Waals surface area contributed by atoms with Crippen LogP contribution in [0.4, 0.5) is 0 Å². The van der Waals surface area contributed by atoms with Crippen LogP contribution in [-0.2, 0) is 6.54 Å². The van der Waals surface area contributed by atoms with Crippen LogP contribution in [0.1, 0.15) is 11.1 Å². The van der Waals surface area contributed by atoms with E-state index in [9.17, 15) is 0 Å². The molecule has 0 aliphatic heterocycles. The minimum absolute atomic E-state index is 0.784. The van der Waals surface area contributed by atoms with Gasteiger partial charge in [0.05, 0.1) is 0 Å². The molecule has 1 aromatic heterocycles. The summed E-state index contributed by atoms with van der Waals surface area (Å²) in [6.07, 6.45) is 2.15. The molecule has 90 valence electrons. The standard InChI is InChI=1S/C16H14ClN/c1-12-3-2-4-16-15(12)9-10-18(16)11-13-5-7-14(17)8-6-13/h2-10H,11H2,1H3. The normalized spacial score (nSPS) is 11.0. The zero-order valence-corrected chi connectivity index (χ0v) is 11.0. The van der Waals surface area contributed by atoms with E-state index in [0.717, 1.165) is 11.6 Å². The minimum atomic E-state index is 0.784. The van der Waals surface area contributed by atoms with E-state index < -0.39 is 0 Å². The molecule has 0 aliphatic rings. The Balaban J connectivity index is 2.00. The topological polar surface area (TPSA) is 4.93 Å². The number of fused-ring (bicyclic) bond motifs is 1. The van der Waals surface area contributed by atoms with E-state index in [1.54, 1.807) is 0 Å². The summed E-state index contributed by atoms with van der Waals surface area (Å²) in [5.41, 5.74) is 3.87. The van der Waals surface area contributed by atoms with Gasteiger partial charge in [-0.1, -0.05) is 35.9 Å². The number of aryl methyl sites for hydroxylation is 1. The molecule has 0 amide bonds. The lowest BCUT2D eigenvalue weighted by Crippen LogP contribution is -1.97. The summed E-state index contributed by atoms with van der Waals surface area (Å²) in [6, 6.07) is 16.6. The van der Waals surface area contributed by atoms with Gasteiger partial charge in [-0.25, -0.2) is 0 Å². The molecule has 2 aromatic carbocycles. The van der Waals surface area contributed by atoms with Crippen LogP contribution >= 0.6 is 11.6 Å². The first kappa shape index (κ1) is 11.4. The van der Waals surface area contributed by atoms with Crippen LogP contribution in [-0.4, -0.2) is 4.57 Å². The Bertz CT molecular complexity index is 680. The van der Waals surface area contributed by atoms with Gasteiger partial charge in [-0.2, -0.15) is 0 Å². The molecular formula is C16H14ClN. The molecule has 0 spiro atoms. The highest BCUT2D eigenvalue weighted by molar-refractivity contribution is 6.30. The van der Waals surface area contributed by atoms with Crippen molar-refractivity contribution in [1.29, 1.82) is 0 Å². The average molecular weight is 256 g/mol. The summed E-state index contributed by atoms with van der Waals surface area (Å²) < 4.78 is 2.27. The number of aromatic nitrogens is 1. The van der Waals surface area contributed by atoms with Crippen molar-refractivity contribution < 1.29 is 0 Å².